The quantitative estimate of drug-likeness (QED) is 0.838. The number of rotatable bonds is 4. The molecule has 0 aromatic rings. The van der Waals surface area contributed by atoms with Crippen molar-refractivity contribution in [1.82, 2.24) is 4.90 Å². The van der Waals surface area contributed by atoms with Gasteiger partial charge in [0.15, 0.2) is 0 Å². The van der Waals surface area contributed by atoms with Gasteiger partial charge in [0, 0.05) is 12.6 Å². The van der Waals surface area contributed by atoms with E-state index in [2.05, 4.69) is 32.6 Å². The maximum absolute atomic E-state index is 6.31. The minimum Gasteiger partial charge on any atom is -0.327 e. The summed E-state index contributed by atoms with van der Waals surface area (Å²) in [4.78, 5) is 2.77. The smallest absolute Gasteiger partial charge is 0.00698 e. The molecule has 0 aromatic carbocycles. The molecule has 21 heavy (non-hydrogen) atoms. The van der Waals surface area contributed by atoms with Gasteiger partial charge in [-0.25, -0.2) is 0 Å². The number of likely N-dealkylation sites (tertiary alicyclic amines) is 1. The third kappa shape index (κ3) is 4.22. The molecule has 0 bridgehead atoms. The lowest BCUT2D eigenvalue weighted by Gasteiger charge is -2.48. The Hall–Kier alpha value is -0.0800. The van der Waals surface area contributed by atoms with Crippen LogP contribution < -0.4 is 5.73 Å². The Bertz CT molecular complexity index is 313. The summed E-state index contributed by atoms with van der Waals surface area (Å²) in [5.41, 5.74) is 6.71. The first-order chi connectivity index (χ1) is 9.95. The van der Waals surface area contributed by atoms with Gasteiger partial charge in [0.05, 0.1) is 0 Å². The van der Waals surface area contributed by atoms with Gasteiger partial charge >= 0.3 is 0 Å². The Balaban J connectivity index is 1.89. The number of nitrogens with two attached hydrogens (primary N) is 1. The van der Waals surface area contributed by atoms with Crippen LogP contribution in [-0.4, -0.2) is 30.6 Å². The van der Waals surface area contributed by atoms with Crippen LogP contribution in [0.3, 0.4) is 0 Å². The van der Waals surface area contributed by atoms with Crippen molar-refractivity contribution in [2.75, 3.05) is 19.6 Å². The molecule has 2 aliphatic rings. The first-order valence-electron chi connectivity index (χ1n) is 9.43. The molecule has 124 valence electrons. The predicted octanol–water partition coefficient (Wildman–Crippen LogP) is 4.29. The van der Waals surface area contributed by atoms with Gasteiger partial charge < -0.3 is 10.6 Å². The summed E-state index contributed by atoms with van der Waals surface area (Å²) in [5, 5.41) is 0. The van der Waals surface area contributed by atoms with Crippen LogP contribution in [0.4, 0.5) is 0 Å². The van der Waals surface area contributed by atoms with E-state index < -0.39 is 0 Å². The molecule has 1 aliphatic carbocycles. The first-order valence-corrected chi connectivity index (χ1v) is 9.43. The lowest BCUT2D eigenvalue weighted by atomic mass is 9.61. The minimum atomic E-state index is 0.396. The van der Waals surface area contributed by atoms with Gasteiger partial charge in [0.2, 0.25) is 0 Å². The zero-order valence-electron chi connectivity index (χ0n) is 14.9. The van der Waals surface area contributed by atoms with E-state index in [0.717, 1.165) is 11.8 Å². The molecule has 2 nitrogen and oxygen atoms in total. The second kappa shape index (κ2) is 7.46. The standard InChI is InChI=1S/C19H38N2/c1-5-7-16-8-6-12-21(13-11-16)14-17-9-10-18(20)15(2)19(17,3)4/h15-18H,5-14,20H2,1-4H3. The van der Waals surface area contributed by atoms with Crippen LogP contribution in [0.25, 0.3) is 0 Å². The monoisotopic (exact) mass is 294 g/mol. The van der Waals surface area contributed by atoms with E-state index in [1.54, 1.807) is 0 Å². The lowest BCUT2D eigenvalue weighted by Crippen LogP contribution is -2.50. The van der Waals surface area contributed by atoms with Gasteiger partial charge in [-0.15, -0.1) is 0 Å². The lowest BCUT2D eigenvalue weighted by molar-refractivity contribution is 0.0291. The van der Waals surface area contributed by atoms with E-state index in [-0.39, 0.29) is 0 Å². The Labute approximate surface area is 132 Å². The summed E-state index contributed by atoms with van der Waals surface area (Å²) >= 11 is 0. The maximum atomic E-state index is 6.31. The molecule has 1 heterocycles. The third-order valence-electron chi connectivity index (χ3n) is 6.83. The van der Waals surface area contributed by atoms with Gasteiger partial charge in [-0.05, 0) is 68.4 Å². The minimum absolute atomic E-state index is 0.396. The van der Waals surface area contributed by atoms with Crippen LogP contribution >= 0.6 is 0 Å². The van der Waals surface area contributed by atoms with Crippen molar-refractivity contribution in [3.8, 4) is 0 Å². The van der Waals surface area contributed by atoms with Gasteiger partial charge in [-0.1, -0.05) is 40.5 Å². The molecule has 1 aliphatic heterocycles. The van der Waals surface area contributed by atoms with Crippen LogP contribution in [0.15, 0.2) is 0 Å². The molecule has 4 atom stereocenters. The van der Waals surface area contributed by atoms with Crippen LogP contribution in [0, 0.1) is 23.2 Å². The van der Waals surface area contributed by atoms with Gasteiger partial charge in [0.1, 0.15) is 0 Å². The fourth-order valence-electron chi connectivity index (χ4n) is 4.68. The van der Waals surface area contributed by atoms with Crippen molar-refractivity contribution in [2.24, 2.45) is 28.9 Å². The highest BCUT2D eigenvalue weighted by Crippen LogP contribution is 2.44. The molecule has 2 fully saturated rings. The van der Waals surface area contributed by atoms with E-state index >= 15 is 0 Å². The van der Waals surface area contributed by atoms with Gasteiger partial charge in [-0.3, -0.25) is 0 Å². The predicted molar refractivity (Wildman–Crippen MR) is 92.3 cm³/mol. The van der Waals surface area contributed by atoms with Crippen LogP contribution in [-0.2, 0) is 0 Å². The van der Waals surface area contributed by atoms with Gasteiger partial charge in [0.25, 0.3) is 0 Å². The molecule has 1 saturated heterocycles. The Morgan fingerprint density at radius 1 is 1.10 bits per heavy atom. The second-order valence-corrected chi connectivity index (χ2v) is 8.43. The van der Waals surface area contributed by atoms with E-state index in [0.29, 0.717) is 17.4 Å². The molecule has 4 unspecified atom stereocenters. The topological polar surface area (TPSA) is 29.3 Å². The summed E-state index contributed by atoms with van der Waals surface area (Å²) in [6.07, 6.45) is 9.64. The summed E-state index contributed by atoms with van der Waals surface area (Å²) in [5.74, 6) is 2.47. The molecule has 0 aromatic heterocycles. The van der Waals surface area contributed by atoms with Crippen molar-refractivity contribution in [1.29, 1.82) is 0 Å². The van der Waals surface area contributed by atoms with E-state index in [1.165, 1.54) is 64.6 Å². The highest BCUT2D eigenvalue weighted by Gasteiger charge is 2.42. The van der Waals surface area contributed by atoms with Crippen molar-refractivity contribution in [3.63, 3.8) is 0 Å². The van der Waals surface area contributed by atoms with Crippen LogP contribution in [0.2, 0.25) is 0 Å². The average molecular weight is 295 g/mol. The summed E-state index contributed by atoms with van der Waals surface area (Å²) < 4.78 is 0. The largest absolute Gasteiger partial charge is 0.327 e. The SMILES string of the molecule is CCCC1CCCN(CC2CCC(N)C(C)C2(C)C)CC1. The normalized spacial score (nSPS) is 38.1. The van der Waals surface area contributed by atoms with E-state index in [4.69, 9.17) is 5.73 Å². The summed E-state index contributed by atoms with van der Waals surface area (Å²) in [6.45, 7) is 13.6. The molecule has 1 saturated carbocycles. The Kier molecular flexibility index (Phi) is 6.14. The van der Waals surface area contributed by atoms with Crippen molar-refractivity contribution in [2.45, 2.75) is 78.7 Å². The maximum Gasteiger partial charge on any atom is 0.00698 e. The van der Waals surface area contributed by atoms with Crippen molar-refractivity contribution in [3.05, 3.63) is 0 Å². The number of nitrogens with zero attached hydrogens (tertiary/aromatic N) is 1. The molecular weight excluding hydrogens is 256 g/mol. The molecule has 0 spiro atoms. The molecule has 0 radical (unpaired) electrons. The third-order valence-corrected chi connectivity index (χ3v) is 6.83. The van der Waals surface area contributed by atoms with E-state index in [9.17, 15) is 0 Å². The molecule has 2 N–H and O–H groups in total. The highest BCUT2D eigenvalue weighted by atomic mass is 15.1. The number of hydrogen-bond donors (Lipinski definition) is 1. The van der Waals surface area contributed by atoms with Crippen LogP contribution in [0.1, 0.15) is 72.6 Å². The fourth-order valence-corrected chi connectivity index (χ4v) is 4.68. The van der Waals surface area contributed by atoms with Crippen molar-refractivity contribution >= 4 is 0 Å². The Morgan fingerprint density at radius 2 is 1.86 bits per heavy atom. The molecule has 2 heteroatoms. The number of hydrogen-bond acceptors (Lipinski definition) is 2. The second-order valence-electron chi connectivity index (χ2n) is 8.43. The molecule has 2 rings (SSSR count). The zero-order valence-corrected chi connectivity index (χ0v) is 14.9. The van der Waals surface area contributed by atoms with Gasteiger partial charge in [-0.2, -0.15) is 0 Å². The fraction of sp³-hybridized carbons (Fsp3) is 1.00. The van der Waals surface area contributed by atoms with Crippen molar-refractivity contribution < 1.29 is 0 Å². The average Bonchev–Trinajstić information content (AvgIpc) is 2.66. The first kappa shape index (κ1) is 17.3. The summed E-state index contributed by atoms with van der Waals surface area (Å²) in [7, 11) is 0. The van der Waals surface area contributed by atoms with E-state index in [1.807, 2.05) is 0 Å². The summed E-state index contributed by atoms with van der Waals surface area (Å²) in [6, 6.07) is 0.411. The van der Waals surface area contributed by atoms with Crippen LogP contribution in [0.5, 0.6) is 0 Å². The molecular formula is C19H38N2. The highest BCUT2D eigenvalue weighted by molar-refractivity contribution is 4.94. The zero-order chi connectivity index (χ0) is 15.5. The Morgan fingerprint density at radius 3 is 2.57 bits per heavy atom. The molecule has 0 amide bonds.